The summed E-state index contributed by atoms with van der Waals surface area (Å²) in [5.74, 6) is 0.308. The summed E-state index contributed by atoms with van der Waals surface area (Å²) in [6, 6.07) is 12.1. The molecule has 2 heterocycles. The van der Waals surface area contributed by atoms with Crippen molar-refractivity contribution in [1.29, 1.82) is 0 Å². The molecule has 2 amide bonds. The van der Waals surface area contributed by atoms with Crippen molar-refractivity contribution in [2.75, 3.05) is 19.6 Å². The van der Waals surface area contributed by atoms with Gasteiger partial charge in [-0.05, 0) is 34.4 Å². The first-order valence-corrected chi connectivity index (χ1v) is 9.73. The van der Waals surface area contributed by atoms with Crippen molar-refractivity contribution < 1.29 is 9.59 Å². The van der Waals surface area contributed by atoms with Crippen molar-refractivity contribution in [2.45, 2.75) is 32.2 Å². The van der Waals surface area contributed by atoms with Gasteiger partial charge in [0.25, 0.3) is 0 Å². The molecule has 1 atom stereocenters. The number of carbonyl (C=O) groups is 2. The zero-order valence-corrected chi connectivity index (χ0v) is 15.4. The van der Waals surface area contributed by atoms with Crippen molar-refractivity contribution in [2.24, 2.45) is 0 Å². The second-order valence-corrected chi connectivity index (χ2v) is 7.31. The average molecular weight is 356 g/mol. The van der Waals surface area contributed by atoms with E-state index in [1.54, 1.807) is 16.2 Å². The molecule has 0 unspecified atom stereocenters. The Kier molecular flexibility index (Phi) is 5.87. The number of rotatable bonds is 7. The molecule has 1 aromatic heterocycles. The third-order valence-electron chi connectivity index (χ3n) is 4.61. The third kappa shape index (κ3) is 4.48. The highest BCUT2D eigenvalue weighted by Crippen LogP contribution is 2.27. The van der Waals surface area contributed by atoms with Crippen molar-refractivity contribution in [3.63, 3.8) is 0 Å². The summed E-state index contributed by atoms with van der Waals surface area (Å²) in [7, 11) is 0. The molecule has 2 aromatic rings. The van der Waals surface area contributed by atoms with Crippen LogP contribution in [-0.2, 0) is 16.1 Å². The van der Waals surface area contributed by atoms with Crippen LogP contribution in [-0.4, -0.2) is 41.2 Å². The highest BCUT2D eigenvalue weighted by atomic mass is 32.1. The maximum Gasteiger partial charge on any atom is 0.242 e. The van der Waals surface area contributed by atoms with Gasteiger partial charge in [-0.15, -0.1) is 0 Å². The van der Waals surface area contributed by atoms with Crippen LogP contribution in [0.2, 0.25) is 0 Å². The fraction of sp³-hybridized carbons (Fsp3) is 0.400. The average Bonchev–Trinajstić information content (AvgIpc) is 3.25. The summed E-state index contributed by atoms with van der Waals surface area (Å²) < 4.78 is 0. The first kappa shape index (κ1) is 17.7. The van der Waals surface area contributed by atoms with Gasteiger partial charge in [0.05, 0.1) is 6.54 Å². The van der Waals surface area contributed by atoms with Crippen LogP contribution < -0.4 is 0 Å². The normalized spacial score (nSPS) is 17.1. The van der Waals surface area contributed by atoms with Gasteiger partial charge in [0.1, 0.15) is 0 Å². The van der Waals surface area contributed by atoms with Gasteiger partial charge in [-0.25, -0.2) is 0 Å². The van der Waals surface area contributed by atoms with Crippen LogP contribution in [0.1, 0.15) is 36.8 Å². The predicted octanol–water partition coefficient (Wildman–Crippen LogP) is 3.50. The summed E-state index contributed by atoms with van der Waals surface area (Å²) in [6.07, 6.45) is 1.41. The van der Waals surface area contributed by atoms with Gasteiger partial charge in [-0.1, -0.05) is 37.3 Å². The Hall–Kier alpha value is -2.14. The Morgan fingerprint density at radius 1 is 1.28 bits per heavy atom. The van der Waals surface area contributed by atoms with Crippen molar-refractivity contribution in [1.82, 2.24) is 9.80 Å². The maximum absolute atomic E-state index is 12.7. The molecule has 1 aliphatic rings. The zero-order valence-electron chi connectivity index (χ0n) is 14.6. The minimum atomic E-state index is 0.0371. The van der Waals surface area contributed by atoms with Crippen LogP contribution in [0.5, 0.6) is 0 Å². The number of nitrogens with zero attached hydrogens (tertiary/aromatic N) is 2. The molecule has 1 saturated heterocycles. The fourth-order valence-electron chi connectivity index (χ4n) is 3.30. The second-order valence-electron chi connectivity index (χ2n) is 6.53. The zero-order chi connectivity index (χ0) is 17.6. The smallest absolute Gasteiger partial charge is 0.242 e. The molecular formula is C20H24N2O2S. The van der Waals surface area contributed by atoms with Crippen LogP contribution in [0.3, 0.4) is 0 Å². The van der Waals surface area contributed by atoms with E-state index in [9.17, 15) is 9.59 Å². The van der Waals surface area contributed by atoms with Gasteiger partial charge < -0.3 is 9.80 Å². The van der Waals surface area contributed by atoms with Crippen molar-refractivity contribution in [3.05, 3.63) is 58.3 Å². The molecule has 0 N–H and O–H groups in total. The lowest BCUT2D eigenvalue weighted by Crippen LogP contribution is -2.41. The maximum atomic E-state index is 12.7. The van der Waals surface area contributed by atoms with Gasteiger partial charge in [-0.2, -0.15) is 11.3 Å². The summed E-state index contributed by atoms with van der Waals surface area (Å²) in [4.78, 5) is 28.7. The molecule has 3 rings (SSSR count). The largest absolute Gasteiger partial charge is 0.337 e. The number of thiophene rings is 1. The Morgan fingerprint density at radius 2 is 2.08 bits per heavy atom. The monoisotopic (exact) mass is 356 g/mol. The van der Waals surface area contributed by atoms with Gasteiger partial charge in [-0.3, -0.25) is 9.59 Å². The van der Waals surface area contributed by atoms with E-state index in [0.717, 1.165) is 18.5 Å². The molecule has 4 nitrogen and oxygen atoms in total. The van der Waals surface area contributed by atoms with Gasteiger partial charge >= 0.3 is 0 Å². The molecule has 1 aromatic carbocycles. The Bertz CT molecular complexity index is 700. The lowest BCUT2D eigenvalue weighted by molar-refractivity contribution is -0.138. The first-order valence-electron chi connectivity index (χ1n) is 8.79. The number of hydrogen-bond donors (Lipinski definition) is 0. The Labute approximate surface area is 153 Å². The molecule has 0 aliphatic carbocycles. The number of amides is 2. The summed E-state index contributed by atoms with van der Waals surface area (Å²) in [5.41, 5.74) is 2.33. The van der Waals surface area contributed by atoms with E-state index in [1.165, 1.54) is 5.56 Å². The lowest BCUT2D eigenvalue weighted by atomic mass is 9.99. The lowest BCUT2D eigenvalue weighted by Gasteiger charge is -2.25. The van der Waals surface area contributed by atoms with E-state index in [4.69, 9.17) is 0 Å². The quantitative estimate of drug-likeness (QED) is 0.762. The topological polar surface area (TPSA) is 40.6 Å². The van der Waals surface area contributed by atoms with E-state index < -0.39 is 0 Å². The van der Waals surface area contributed by atoms with E-state index in [0.29, 0.717) is 19.5 Å². The van der Waals surface area contributed by atoms with Crippen LogP contribution in [0.4, 0.5) is 0 Å². The third-order valence-corrected chi connectivity index (χ3v) is 5.34. The van der Waals surface area contributed by atoms with Crippen LogP contribution in [0, 0.1) is 0 Å². The van der Waals surface area contributed by atoms with E-state index in [2.05, 4.69) is 24.4 Å². The number of carbonyl (C=O) groups excluding carboxylic acids is 2. The molecule has 0 bridgehead atoms. The van der Waals surface area contributed by atoms with Crippen LogP contribution in [0.15, 0.2) is 47.2 Å². The van der Waals surface area contributed by atoms with E-state index >= 15 is 0 Å². The highest BCUT2D eigenvalue weighted by molar-refractivity contribution is 7.07. The summed E-state index contributed by atoms with van der Waals surface area (Å²) >= 11 is 1.64. The van der Waals surface area contributed by atoms with Crippen molar-refractivity contribution in [3.8, 4) is 0 Å². The molecule has 132 valence electrons. The molecule has 5 heteroatoms. The van der Waals surface area contributed by atoms with E-state index in [-0.39, 0.29) is 24.3 Å². The van der Waals surface area contributed by atoms with Gasteiger partial charge in [0, 0.05) is 32.0 Å². The summed E-state index contributed by atoms with van der Waals surface area (Å²) in [6.45, 7) is 4.23. The fourth-order valence-corrected chi connectivity index (χ4v) is 3.96. The number of likely N-dealkylation sites (tertiary alicyclic amines) is 1. The second kappa shape index (κ2) is 8.30. The van der Waals surface area contributed by atoms with Crippen molar-refractivity contribution >= 4 is 23.2 Å². The molecule has 1 aliphatic heterocycles. The minimum absolute atomic E-state index is 0.0371. The molecular weight excluding hydrogens is 332 g/mol. The number of benzene rings is 1. The molecule has 1 fully saturated rings. The molecule has 0 radical (unpaired) electrons. The van der Waals surface area contributed by atoms with Crippen LogP contribution in [0.25, 0.3) is 0 Å². The van der Waals surface area contributed by atoms with Gasteiger partial charge in [0.15, 0.2) is 0 Å². The number of hydrogen-bond acceptors (Lipinski definition) is 3. The molecule has 0 spiro atoms. The molecule has 0 saturated carbocycles. The Balaban J connectivity index is 1.61. The van der Waals surface area contributed by atoms with Gasteiger partial charge in [0.2, 0.25) is 11.8 Å². The minimum Gasteiger partial charge on any atom is -0.337 e. The molecule has 25 heavy (non-hydrogen) atoms. The van der Waals surface area contributed by atoms with Crippen LogP contribution >= 0.6 is 11.3 Å². The SMILES string of the molecule is CCCN(Cc1ccsc1)C(=O)CN1C[C@H](c2ccccc2)CC1=O. The predicted molar refractivity (Wildman–Crippen MR) is 100 cm³/mol. The first-order chi connectivity index (χ1) is 12.2. The Morgan fingerprint density at radius 3 is 2.76 bits per heavy atom. The standard InChI is InChI=1S/C20H24N2O2S/c1-2-9-21(12-16-8-10-25-15-16)20(24)14-22-13-18(11-19(22)23)17-6-4-3-5-7-17/h3-8,10,15,18H,2,9,11-14H2,1H3/t18-/m1/s1. The van der Waals surface area contributed by atoms with E-state index in [1.807, 2.05) is 34.5 Å². The summed E-state index contributed by atoms with van der Waals surface area (Å²) in [5, 5.41) is 4.10. The highest BCUT2D eigenvalue weighted by Gasteiger charge is 2.32.